The number of nitrogens with zero attached hydrogens (tertiary/aromatic N) is 1. The van der Waals surface area contributed by atoms with Crippen LogP contribution in [0.1, 0.15) is 39.5 Å². The van der Waals surface area contributed by atoms with Gasteiger partial charge in [0.2, 0.25) is 0 Å². The van der Waals surface area contributed by atoms with E-state index in [1.54, 1.807) is 13.8 Å². The van der Waals surface area contributed by atoms with Crippen molar-refractivity contribution in [2.45, 2.75) is 45.1 Å². The van der Waals surface area contributed by atoms with Crippen molar-refractivity contribution in [3.8, 4) is 0 Å². The van der Waals surface area contributed by atoms with E-state index >= 15 is 0 Å². The van der Waals surface area contributed by atoms with Crippen molar-refractivity contribution in [1.29, 1.82) is 0 Å². The number of likely N-dealkylation sites (tertiary alicyclic amines) is 1. The van der Waals surface area contributed by atoms with Crippen LogP contribution in [0.4, 0.5) is 4.79 Å². The average Bonchev–Trinajstić information content (AvgIpc) is 2.42. The van der Waals surface area contributed by atoms with E-state index in [1.165, 1.54) is 0 Å². The molecule has 116 valence electrons. The molecule has 6 nitrogen and oxygen atoms in total. The first-order valence-electron chi connectivity index (χ1n) is 7.41. The monoisotopic (exact) mass is 285 g/mol. The van der Waals surface area contributed by atoms with Gasteiger partial charge in [-0.15, -0.1) is 0 Å². The molecular weight excluding hydrogens is 258 g/mol. The van der Waals surface area contributed by atoms with E-state index in [1.807, 2.05) is 0 Å². The summed E-state index contributed by atoms with van der Waals surface area (Å²) >= 11 is 0. The van der Waals surface area contributed by atoms with Crippen LogP contribution in [0.3, 0.4) is 0 Å². The van der Waals surface area contributed by atoms with E-state index in [9.17, 15) is 14.7 Å². The summed E-state index contributed by atoms with van der Waals surface area (Å²) in [5.74, 6) is -0.531. The topological polar surface area (TPSA) is 81.7 Å². The molecule has 20 heavy (non-hydrogen) atoms. The minimum atomic E-state index is -1.16. The van der Waals surface area contributed by atoms with Crippen LogP contribution in [0.2, 0.25) is 0 Å². The van der Waals surface area contributed by atoms with E-state index in [2.05, 4.69) is 22.6 Å². The van der Waals surface area contributed by atoms with Crippen molar-refractivity contribution in [1.82, 2.24) is 15.5 Å². The minimum Gasteiger partial charge on any atom is -0.480 e. The molecule has 1 aliphatic heterocycles. The molecule has 0 radical (unpaired) electrons. The third-order valence-corrected chi connectivity index (χ3v) is 4.24. The van der Waals surface area contributed by atoms with Gasteiger partial charge in [-0.1, -0.05) is 13.8 Å². The highest BCUT2D eigenvalue weighted by atomic mass is 16.4. The summed E-state index contributed by atoms with van der Waals surface area (Å²) in [7, 11) is 2.08. The summed E-state index contributed by atoms with van der Waals surface area (Å²) in [5.41, 5.74) is -1.16. The quantitative estimate of drug-likeness (QED) is 0.686. The molecule has 1 fully saturated rings. The molecule has 0 bridgehead atoms. The van der Waals surface area contributed by atoms with Crippen molar-refractivity contribution in [3.05, 3.63) is 0 Å². The number of carbonyl (C=O) groups excluding carboxylic acids is 1. The first-order valence-corrected chi connectivity index (χ1v) is 7.41. The minimum absolute atomic E-state index is 0.373. The number of rotatable bonds is 6. The molecule has 0 saturated carbocycles. The lowest BCUT2D eigenvalue weighted by Gasteiger charge is -2.31. The fraction of sp³-hybridized carbons (Fsp3) is 0.857. The first kappa shape index (κ1) is 16.8. The van der Waals surface area contributed by atoms with E-state index in [0.29, 0.717) is 25.3 Å². The molecule has 1 aliphatic rings. The van der Waals surface area contributed by atoms with Crippen molar-refractivity contribution in [2.75, 3.05) is 26.7 Å². The number of carboxylic acids is 1. The Morgan fingerprint density at radius 2 is 2.00 bits per heavy atom. The van der Waals surface area contributed by atoms with Crippen LogP contribution in [-0.4, -0.2) is 54.2 Å². The maximum atomic E-state index is 11.9. The molecule has 1 heterocycles. The Kier molecular flexibility index (Phi) is 6.26. The summed E-state index contributed by atoms with van der Waals surface area (Å²) in [6.07, 6.45) is 3.00. The fourth-order valence-electron chi connectivity index (χ4n) is 2.72. The number of amides is 2. The van der Waals surface area contributed by atoms with Crippen LogP contribution in [0.5, 0.6) is 0 Å². The Labute approximate surface area is 120 Å². The number of hydrogen-bond acceptors (Lipinski definition) is 3. The van der Waals surface area contributed by atoms with Crippen LogP contribution >= 0.6 is 0 Å². The Bertz CT molecular complexity index is 343. The standard InChI is InChI=1S/C14H27N3O3/c1-4-14(5-2,12(18)19)16-13(20)15-9-11-7-6-8-17(3)10-11/h11H,4-10H2,1-3H3,(H,18,19)(H2,15,16,20). The van der Waals surface area contributed by atoms with Crippen LogP contribution in [0.25, 0.3) is 0 Å². The van der Waals surface area contributed by atoms with Crippen molar-refractivity contribution < 1.29 is 14.7 Å². The Morgan fingerprint density at radius 1 is 1.35 bits per heavy atom. The zero-order valence-corrected chi connectivity index (χ0v) is 12.7. The molecule has 0 aromatic heterocycles. The maximum Gasteiger partial charge on any atom is 0.329 e. The molecular formula is C14H27N3O3. The van der Waals surface area contributed by atoms with Gasteiger partial charge < -0.3 is 20.6 Å². The first-order chi connectivity index (χ1) is 9.43. The smallest absolute Gasteiger partial charge is 0.329 e. The second kappa shape index (κ2) is 7.47. The molecule has 1 saturated heterocycles. The highest BCUT2D eigenvalue weighted by Gasteiger charge is 2.36. The lowest BCUT2D eigenvalue weighted by Crippen LogP contribution is -2.57. The summed E-state index contributed by atoms with van der Waals surface area (Å²) in [6, 6.07) is -0.385. The normalized spacial score (nSPS) is 20.4. The highest BCUT2D eigenvalue weighted by molar-refractivity contribution is 5.86. The van der Waals surface area contributed by atoms with Crippen molar-refractivity contribution >= 4 is 12.0 Å². The zero-order valence-electron chi connectivity index (χ0n) is 12.7. The van der Waals surface area contributed by atoms with E-state index in [0.717, 1.165) is 25.9 Å². The van der Waals surface area contributed by atoms with Gasteiger partial charge in [0.05, 0.1) is 0 Å². The molecule has 0 spiro atoms. The van der Waals surface area contributed by atoms with Gasteiger partial charge in [0.25, 0.3) is 0 Å². The lowest BCUT2D eigenvalue weighted by atomic mass is 9.93. The largest absolute Gasteiger partial charge is 0.480 e. The second-order valence-electron chi connectivity index (χ2n) is 5.70. The van der Waals surface area contributed by atoms with Crippen LogP contribution in [0.15, 0.2) is 0 Å². The van der Waals surface area contributed by atoms with E-state index < -0.39 is 11.5 Å². The number of carboxylic acid groups (broad SMARTS) is 1. The summed E-state index contributed by atoms with van der Waals surface area (Å²) in [4.78, 5) is 25.5. The SMILES string of the molecule is CCC(CC)(NC(=O)NCC1CCCN(C)C1)C(=O)O. The number of hydrogen-bond donors (Lipinski definition) is 3. The van der Waals surface area contributed by atoms with Crippen molar-refractivity contribution in [2.24, 2.45) is 5.92 Å². The van der Waals surface area contributed by atoms with Crippen LogP contribution in [-0.2, 0) is 4.79 Å². The molecule has 0 aromatic rings. The number of nitrogens with one attached hydrogen (secondary N) is 2. The van der Waals surface area contributed by atoms with Gasteiger partial charge in [0.15, 0.2) is 0 Å². The summed E-state index contributed by atoms with van der Waals surface area (Å²) < 4.78 is 0. The van der Waals surface area contributed by atoms with E-state index in [4.69, 9.17) is 0 Å². The molecule has 1 unspecified atom stereocenters. The van der Waals surface area contributed by atoms with Gasteiger partial charge in [-0.2, -0.15) is 0 Å². The van der Waals surface area contributed by atoms with E-state index in [-0.39, 0.29) is 6.03 Å². The Balaban J connectivity index is 2.44. The molecule has 0 aromatic carbocycles. The Morgan fingerprint density at radius 3 is 2.50 bits per heavy atom. The molecule has 2 amide bonds. The van der Waals surface area contributed by atoms with Gasteiger partial charge in [-0.3, -0.25) is 0 Å². The van der Waals surface area contributed by atoms with Gasteiger partial charge in [0.1, 0.15) is 5.54 Å². The molecule has 1 rings (SSSR count). The van der Waals surface area contributed by atoms with Gasteiger partial charge >= 0.3 is 12.0 Å². The molecule has 6 heteroatoms. The molecule has 1 atom stereocenters. The van der Waals surface area contributed by atoms with Gasteiger partial charge in [-0.05, 0) is 45.2 Å². The number of urea groups is 1. The summed E-state index contributed by atoms with van der Waals surface area (Å²) in [6.45, 7) is 6.23. The highest BCUT2D eigenvalue weighted by Crippen LogP contribution is 2.16. The predicted molar refractivity (Wildman–Crippen MR) is 77.7 cm³/mol. The zero-order chi connectivity index (χ0) is 15.2. The second-order valence-corrected chi connectivity index (χ2v) is 5.70. The predicted octanol–water partition coefficient (Wildman–Crippen LogP) is 1.27. The van der Waals surface area contributed by atoms with Crippen molar-refractivity contribution in [3.63, 3.8) is 0 Å². The van der Waals surface area contributed by atoms with Gasteiger partial charge in [-0.25, -0.2) is 9.59 Å². The fourth-order valence-corrected chi connectivity index (χ4v) is 2.72. The van der Waals surface area contributed by atoms with Crippen LogP contribution < -0.4 is 10.6 Å². The third kappa shape index (κ3) is 4.37. The molecule has 3 N–H and O–H groups in total. The number of piperidine rings is 1. The Hall–Kier alpha value is -1.30. The van der Waals surface area contributed by atoms with Gasteiger partial charge in [0, 0.05) is 13.1 Å². The number of carbonyl (C=O) groups is 2. The lowest BCUT2D eigenvalue weighted by molar-refractivity contribution is -0.144. The molecule has 0 aliphatic carbocycles. The number of aliphatic carboxylic acids is 1. The third-order valence-electron chi connectivity index (χ3n) is 4.24. The average molecular weight is 285 g/mol. The summed E-state index contributed by atoms with van der Waals surface area (Å²) in [5, 5.41) is 14.7. The maximum absolute atomic E-state index is 11.9. The van der Waals surface area contributed by atoms with Crippen LogP contribution in [0, 0.1) is 5.92 Å².